The Hall–Kier alpha value is -0.630. The van der Waals surface area contributed by atoms with E-state index in [9.17, 15) is 4.79 Å². The van der Waals surface area contributed by atoms with Crippen LogP contribution < -0.4 is 5.32 Å². The number of ketones is 1. The summed E-state index contributed by atoms with van der Waals surface area (Å²) >= 11 is 0. The monoisotopic (exact) mass is 167 g/mol. The van der Waals surface area contributed by atoms with Gasteiger partial charge in [-0.2, -0.15) is 0 Å². The van der Waals surface area contributed by atoms with Crippen molar-refractivity contribution in [3.63, 3.8) is 0 Å². The molecule has 0 amide bonds. The van der Waals surface area contributed by atoms with Crippen molar-refractivity contribution < 1.29 is 4.79 Å². The first-order valence-electron chi connectivity index (χ1n) is 4.75. The summed E-state index contributed by atoms with van der Waals surface area (Å²) in [4.78, 5) is 11.0. The summed E-state index contributed by atoms with van der Waals surface area (Å²) in [5, 5.41) is 3.32. The Morgan fingerprint density at radius 3 is 2.92 bits per heavy atom. The molecule has 0 radical (unpaired) electrons. The quantitative estimate of drug-likeness (QED) is 0.610. The summed E-state index contributed by atoms with van der Waals surface area (Å²) in [5.74, 6) is 0.245. The molecular formula is C10H17NO. The van der Waals surface area contributed by atoms with Gasteiger partial charge in [-0.25, -0.2) is 0 Å². The van der Waals surface area contributed by atoms with Crippen LogP contribution in [0.2, 0.25) is 0 Å². The molecule has 0 aromatic carbocycles. The molecular weight excluding hydrogens is 150 g/mol. The molecule has 1 N–H and O–H groups in total. The molecule has 0 aliphatic heterocycles. The van der Waals surface area contributed by atoms with Crippen molar-refractivity contribution in [1.82, 2.24) is 5.32 Å². The highest BCUT2D eigenvalue weighted by Gasteiger charge is 2.18. The predicted octanol–water partition coefficient (Wildman–Crippen LogP) is 1.66. The zero-order valence-electron chi connectivity index (χ0n) is 7.68. The molecule has 2 heteroatoms. The van der Waals surface area contributed by atoms with Crippen LogP contribution >= 0.6 is 0 Å². The van der Waals surface area contributed by atoms with Gasteiger partial charge >= 0.3 is 0 Å². The minimum Gasteiger partial charge on any atom is -0.311 e. The maximum Gasteiger partial charge on any atom is 0.155 e. The molecule has 12 heavy (non-hydrogen) atoms. The molecule has 0 atom stereocenters. The van der Waals surface area contributed by atoms with Crippen molar-refractivity contribution in [2.45, 2.75) is 38.6 Å². The number of carbonyl (C=O) groups excluding carboxylic acids is 1. The Kier molecular flexibility index (Phi) is 4.01. The molecule has 0 bridgehead atoms. The number of hydrogen-bond donors (Lipinski definition) is 1. The Labute approximate surface area is 74.0 Å². The van der Waals surface area contributed by atoms with E-state index >= 15 is 0 Å². The van der Waals surface area contributed by atoms with E-state index in [0.717, 1.165) is 19.0 Å². The molecule has 1 rings (SSSR count). The molecule has 0 aromatic rings. The zero-order chi connectivity index (χ0) is 8.81. The summed E-state index contributed by atoms with van der Waals surface area (Å²) in [6, 6.07) is 0.732. The van der Waals surface area contributed by atoms with E-state index in [-0.39, 0.29) is 5.78 Å². The Morgan fingerprint density at radius 2 is 2.33 bits per heavy atom. The Balaban J connectivity index is 1.99. The van der Waals surface area contributed by atoms with E-state index in [1.165, 1.54) is 12.8 Å². The van der Waals surface area contributed by atoms with Crippen LogP contribution in [0.5, 0.6) is 0 Å². The van der Waals surface area contributed by atoms with Crippen LogP contribution in [0.25, 0.3) is 0 Å². The van der Waals surface area contributed by atoms with Crippen molar-refractivity contribution in [2.24, 2.45) is 0 Å². The number of nitrogens with one attached hydrogen (secondary N) is 1. The van der Waals surface area contributed by atoms with Crippen molar-refractivity contribution in [2.75, 3.05) is 6.54 Å². The van der Waals surface area contributed by atoms with Gasteiger partial charge in [0, 0.05) is 19.0 Å². The first kappa shape index (κ1) is 9.46. The molecule has 0 saturated heterocycles. The average Bonchev–Trinajstić information content (AvgIpc) is 2.82. The van der Waals surface area contributed by atoms with Crippen molar-refractivity contribution in [1.29, 1.82) is 0 Å². The Morgan fingerprint density at radius 1 is 1.58 bits per heavy atom. The van der Waals surface area contributed by atoms with E-state index in [2.05, 4.69) is 5.32 Å². The highest BCUT2D eigenvalue weighted by molar-refractivity contribution is 5.89. The van der Waals surface area contributed by atoms with Crippen LogP contribution in [0.15, 0.2) is 12.2 Å². The zero-order valence-corrected chi connectivity index (χ0v) is 7.68. The summed E-state index contributed by atoms with van der Waals surface area (Å²) in [6.07, 6.45) is 7.85. The lowest BCUT2D eigenvalue weighted by Gasteiger charge is -1.94. The van der Waals surface area contributed by atoms with Crippen molar-refractivity contribution in [3.05, 3.63) is 12.2 Å². The van der Waals surface area contributed by atoms with Gasteiger partial charge < -0.3 is 5.32 Å². The Bertz CT molecular complexity index is 171. The number of carbonyl (C=O) groups is 1. The summed E-state index contributed by atoms with van der Waals surface area (Å²) < 4.78 is 0. The second-order valence-corrected chi connectivity index (χ2v) is 3.30. The third-order valence-electron chi connectivity index (χ3n) is 1.90. The molecule has 1 saturated carbocycles. The van der Waals surface area contributed by atoms with E-state index in [1.807, 2.05) is 13.0 Å². The SMILES string of the molecule is CCCC(=O)C=CCNC1CC1. The summed E-state index contributed by atoms with van der Waals surface area (Å²) in [7, 11) is 0. The highest BCUT2D eigenvalue weighted by atomic mass is 16.1. The maximum absolute atomic E-state index is 11.0. The molecule has 0 spiro atoms. The van der Waals surface area contributed by atoms with Gasteiger partial charge in [0.05, 0.1) is 0 Å². The second-order valence-electron chi connectivity index (χ2n) is 3.30. The lowest BCUT2D eigenvalue weighted by atomic mass is 10.2. The third-order valence-corrected chi connectivity index (χ3v) is 1.90. The van der Waals surface area contributed by atoms with Gasteiger partial charge in [-0.1, -0.05) is 13.0 Å². The van der Waals surface area contributed by atoms with Crippen LogP contribution in [0.1, 0.15) is 32.6 Å². The molecule has 0 aromatic heterocycles. The van der Waals surface area contributed by atoms with Gasteiger partial charge in [0.1, 0.15) is 0 Å². The van der Waals surface area contributed by atoms with Gasteiger partial charge in [0.2, 0.25) is 0 Å². The van der Waals surface area contributed by atoms with Gasteiger partial charge in [-0.3, -0.25) is 4.79 Å². The standard InChI is InChI=1S/C10H17NO/c1-2-4-10(12)5-3-8-11-9-6-7-9/h3,5,9,11H,2,4,6-8H2,1H3. The van der Waals surface area contributed by atoms with E-state index in [4.69, 9.17) is 0 Å². The smallest absolute Gasteiger partial charge is 0.155 e. The lowest BCUT2D eigenvalue weighted by Crippen LogP contribution is -2.15. The normalized spacial score (nSPS) is 17.1. The molecule has 0 unspecified atom stereocenters. The summed E-state index contributed by atoms with van der Waals surface area (Å²) in [5.41, 5.74) is 0. The lowest BCUT2D eigenvalue weighted by molar-refractivity contribution is -0.114. The number of rotatable bonds is 6. The van der Waals surface area contributed by atoms with Crippen LogP contribution in [-0.2, 0) is 4.79 Å². The van der Waals surface area contributed by atoms with Crippen molar-refractivity contribution >= 4 is 5.78 Å². The van der Waals surface area contributed by atoms with Crippen LogP contribution in [0.3, 0.4) is 0 Å². The molecule has 1 aliphatic carbocycles. The minimum absolute atomic E-state index is 0.245. The highest BCUT2D eigenvalue weighted by Crippen LogP contribution is 2.17. The number of allylic oxidation sites excluding steroid dienone is 1. The molecule has 0 heterocycles. The van der Waals surface area contributed by atoms with Gasteiger partial charge in [-0.05, 0) is 25.3 Å². The molecule has 1 fully saturated rings. The van der Waals surface area contributed by atoms with Gasteiger partial charge in [-0.15, -0.1) is 0 Å². The van der Waals surface area contributed by atoms with Gasteiger partial charge in [0.25, 0.3) is 0 Å². The third kappa shape index (κ3) is 4.29. The van der Waals surface area contributed by atoms with Crippen LogP contribution in [0.4, 0.5) is 0 Å². The molecule has 2 nitrogen and oxygen atoms in total. The number of hydrogen-bond acceptors (Lipinski definition) is 2. The molecule has 1 aliphatic rings. The van der Waals surface area contributed by atoms with E-state index < -0.39 is 0 Å². The fraction of sp³-hybridized carbons (Fsp3) is 0.700. The van der Waals surface area contributed by atoms with E-state index in [0.29, 0.717) is 6.42 Å². The first-order valence-corrected chi connectivity index (χ1v) is 4.75. The summed E-state index contributed by atoms with van der Waals surface area (Å²) in [6.45, 7) is 2.87. The average molecular weight is 167 g/mol. The maximum atomic E-state index is 11.0. The minimum atomic E-state index is 0.245. The van der Waals surface area contributed by atoms with Crippen molar-refractivity contribution in [3.8, 4) is 0 Å². The largest absolute Gasteiger partial charge is 0.311 e. The predicted molar refractivity (Wildman–Crippen MR) is 50.1 cm³/mol. The molecule has 68 valence electrons. The second kappa shape index (κ2) is 5.09. The van der Waals surface area contributed by atoms with Crippen LogP contribution in [0, 0.1) is 0 Å². The fourth-order valence-electron chi connectivity index (χ4n) is 1.04. The van der Waals surface area contributed by atoms with Crippen LogP contribution in [-0.4, -0.2) is 18.4 Å². The fourth-order valence-corrected chi connectivity index (χ4v) is 1.04. The topological polar surface area (TPSA) is 29.1 Å². The van der Waals surface area contributed by atoms with Gasteiger partial charge in [0.15, 0.2) is 5.78 Å². The first-order chi connectivity index (χ1) is 5.83. The van der Waals surface area contributed by atoms with E-state index in [1.54, 1.807) is 6.08 Å².